The van der Waals surface area contributed by atoms with Crippen molar-refractivity contribution >= 4 is 11.6 Å². The van der Waals surface area contributed by atoms with E-state index in [0.717, 1.165) is 43.0 Å². The number of benzene rings is 1. The van der Waals surface area contributed by atoms with Crippen LogP contribution in [0.15, 0.2) is 18.2 Å². The Labute approximate surface area is 125 Å². The number of likely N-dealkylation sites (N-methyl/N-ethyl adjacent to an activating group) is 1. The van der Waals surface area contributed by atoms with E-state index in [1.54, 1.807) is 0 Å². The SMILES string of the molecule is CCNC(c1ccc2c(c1)NC(=O)CO2)C1(C)CCCO1. The molecule has 2 atom stereocenters. The van der Waals surface area contributed by atoms with Crippen molar-refractivity contribution in [3.8, 4) is 5.75 Å². The molecule has 5 nitrogen and oxygen atoms in total. The molecule has 1 saturated heterocycles. The van der Waals surface area contributed by atoms with Gasteiger partial charge in [0.25, 0.3) is 5.91 Å². The van der Waals surface area contributed by atoms with Crippen LogP contribution in [0.25, 0.3) is 0 Å². The molecule has 2 heterocycles. The minimum Gasteiger partial charge on any atom is -0.482 e. The van der Waals surface area contributed by atoms with Gasteiger partial charge in [-0.1, -0.05) is 13.0 Å². The maximum atomic E-state index is 11.5. The van der Waals surface area contributed by atoms with Gasteiger partial charge in [0.1, 0.15) is 5.75 Å². The van der Waals surface area contributed by atoms with Crippen molar-refractivity contribution in [3.05, 3.63) is 23.8 Å². The summed E-state index contributed by atoms with van der Waals surface area (Å²) in [4.78, 5) is 11.5. The molecular weight excluding hydrogens is 268 g/mol. The van der Waals surface area contributed by atoms with Crippen molar-refractivity contribution in [1.82, 2.24) is 5.32 Å². The fourth-order valence-electron chi connectivity index (χ4n) is 3.20. The van der Waals surface area contributed by atoms with Gasteiger partial charge in [-0.15, -0.1) is 0 Å². The maximum Gasteiger partial charge on any atom is 0.262 e. The highest BCUT2D eigenvalue weighted by atomic mass is 16.5. The third-order valence-corrected chi connectivity index (χ3v) is 4.24. The van der Waals surface area contributed by atoms with Crippen LogP contribution in [0.5, 0.6) is 5.75 Å². The number of carbonyl (C=O) groups is 1. The molecule has 1 aromatic carbocycles. The monoisotopic (exact) mass is 290 g/mol. The molecule has 0 spiro atoms. The fourth-order valence-corrected chi connectivity index (χ4v) is 3.20. The average molecular weight is 290 g/mol. The number of hydrogen-bond donors (Lipinski definition) is 2. The van der Waals surface area contributed by atoms with Crippen molar-refractivity contribution in [3.63, 3.8) is 0 Å². The Balaban J connectivity index is 1.92. The van der Waals surface area contributed by atoms with Crippen LogP contribution in [0.2, 0.25) is 0 Å². The number of rotatable bonds is 4. The van der Waals surface area contributed by atoms with Crippen LogP contribution in [0, 0.1) is 0 Å². The highest BCUT2D eigenvalue weighted by molar-refractivity contribution is 5.95. The minimum absolute atomic E-state index is 0.0871. The Kier molecular flexibility index (Phi) is 3.87. The van der Waals surface area contributed by atoms with Crippen LogP contribution in [0.3, 0.4) is 0 Å². The van der Waals surface area contributed by atoms with Crippen LogP contribution in [0.4, 0.5) is 5.69 Å². The summed E-state index contributed by atoms with van der Waals surface area (Å²) in [5, 5.41) is 6.39. The standard InChI is InChI=1S/C16H22N2O3/c1-3-17-15(16(2)7-4-8-21-16)11-5-6-13-12(9-11)18-14(19)10-20-13/h5-6,9,15,17H,3-4,7-8,10H2,1-2H3,(H,18,19). The van der Waals surface area contributed by atoms with Crippen LogP contribution in [-0.4, -0.2) is 31.3 Å². The molecule has 1 fully saturated rings. The predicted octanol–water partition coefficient (Wildman–Crippen LogP) is 2.24. The highest BCUT2D eigenvalue weighted by Gasteiger charge is 2.39. The molecule has 0 radical (unpaired) electrons. The third kappa shape index (κ3) is 2.76. The van der Waals surface area contributed by atoms with E-state index in [0.29, 0.717) is 0 Å². The number of ether oxygens (including phenoxy) is 2. The first-order chi connectivity index (χ1) is 10.1. The molecule has 0 aromatic heterocycles. The van der Waals surface area contributed by atoms with E-state index in [1.165, 1.54) is 0 Å². The number of anilines is 1. The molecular formula is C16H22N2O3. The van der Waals surface area contributed by atoms with Crippen LogP contribution >= 0.6 is 0 Å². The van der Waals surface area contributed by atoms with E-state index in [9.17, 15) is 4.79 Å². The number of amides is 1. The molecule has 1 amide bonds. The Hall–Kier alpha value is -1.59. The molecule has 2 aliphatic rings. The Morgan fingerprint density at radius 2 is 2.33 bits per heavy atom. The first kappa shape index (κ1) is 14.4. The number of fused-ring (bicyclic) bond motifs is 1. The van der Waals surface area contributed by atoms with Gasteiger partial charge in [-0.25, -0.2) is 0 Å². The highest BCUT2D eigenvalue weighted by Crippen LogP contribution is 2.39. The predicted molar refractivity (Wildman–Crippen MR) is 80.6 cm³/mol. The Bertz CT molecular complexity index is 538. The Morgan fingerprint density at radius 3 is 3.05 bits per heavy atom. The molecule has 0 aliphatic carbocycles. The second-order valence-electron chi connectivity index (χ2n) is 5.85. The lowest BCUT2D eigenvalue weighted by Gasteiger charge is -2.35. The lowest BCUT2D eigenvalue weighted by molar-refractivity contribution is -0.118. The lowest BCUT2D eigenvalue weighted by atomic mass is 9.87. The van der Waals surface area contributed by atoms with E-state index >= 15 is 0 Å². The average Bonchev–Trinajstić information content (AvgIpc) is 2.91. The van der Waals surface area contributed by atoms with Crippen molar-refractivity contribution in [2.75, 3.05) is 25.1 Å². The van der Waals surface area contributed by atoms with Crippen LogP contribution in [-0.2, 0) is 9.53 Å². The first-order valence-corrected chi connectivity index (χ1v) is 7.56. The summed E-state index contributed by atoms with van der Waals surface area (Å²) in [5.41, 5.74) is 1.66. The van der Waals surface area contributed by atoms with Crippen molar-refractivity contribution < 1.29 is 14.3 Å². The first-order valence-electron chi connectivity index (χ1n) is 7.56. The summed E-state index contributed by atoms with van der Waals surface area (Å²) in [5.74, 6) is 0.620. The fraction of sp³-hybridized carbons (Fsp3) is 0.562. The number of nitrogens with one attached hydrogen (secondary N) is 2. The minimum atomic E-state index is -0.205. The summed E-state index contributed by atoms with van der Waals surface area (Å²) in [6.45, 7) is 6.01. The summed E-state index contributed by atoms with van der Waals surface area (Å²) in [7, 11) is 0. The van der Waals surface area contributed by atoms with E-state index in [-0.39, 0.29) is 24.2 Å². The van der Waals surface area contributed by atoms with Crippen LogP contribution in [0.1, 0.15) is 38.3 Å². The second-order valence-corrected chi connectivity index (χ2v) is 5.85. The van der Waals surface area contributed by atoms with E-state index in [4.69, 9.17) is 9.47 Å². The molecule has 2 aliphatic heterocycles. The van der Waals surface area contributed by atoms with Crippen LogP contribution < -0.4 is 15.4 Å². The van der Waals surface area contributed by atoms with Crippen molar-refractivity contribution in [2.45, 2.75) is 38.3 Å². The molecule has 2 unspecified atom stereocenters. The van der Waals surface area contributed by atoms with Gasteiger partial charge in [-0.05, 0) is 44.0 Å². The topological polar surface area (TPSA) is 59.6 Å². The molecule has 0 saturated carbocycles. The maximum absolute atomic E-state index is 11.5. The molecule has 21 heavy (non-hydrogen) atoms. The molecule has 2 N–H and O–H groups in total. The lowest BCUT2D eigenvalue weighted by Crippen LogP contribution is -2.41. The van der Waals surface area contributed by atoms with Gasteiger partial charge in [0.15, 0.2) is 6.61 Å². The molecule has 5 heteroatoms. The number of hydrogen-bond acceptors (Lipinski definition) is 4. The smallest absolute Gasteiger partial charge is 0.262 e. The van der Waals surface area contributed by atoms with Gasteiger partial charge >= 0.3 is 0 Å². The zero-order valence-corrected chi connectivity index (χ0v) is 12.6. The largest absolute Gasteiger partial charge is 0.482 e. The van der Waals surface area contributed by atoms with Gasteiger partial charge in [0.2, 0.25) is 0 Å². The third-order valence-electron chi connectivity index (χ3n) is 4.24. The Morgan fingerprint density at radius 1 is 1.48 bits per heavy atom. The molecule has 1 aromatic rings. The summed E-state index contributed by atoms with van der Waals surface area (Å²) < 4.78 is 11.4. The van der Waals surface area contributed by atoms with E-state index < -0.39 is 0 Å². The second kappa shape index (κ2) is 5.66. The van der Waals surface area contributed by atoms with Gasteiger partial charge in [-0.3, -0.25) is 4.79 Å². The summed E-state index contributed by atoms with van der Waals surface area (Å²) in [6, 6.07) is 6.07. The van der Waals surface area contributed by atoms with Crippen molar-refractivity contribution in [2.24, 2.45) is 0 Å². The van der Waals surface area contributed by atoms with Gasteiger partial charge < -0.3 is 20.1 Å². The van der Waals surface area contributed by atoms with Crippen molar-refractivity contribution in [1.29, 1.82) is 0 Å². The normalized spacial score (nSPS) is 25.9. The molecule has 114 valence electrons. The summed E-state index contributed by atoms with van der Waals surface area (Å²) >= 11 is 0. The van der Waals surface area contributed by atoms with Gasteiger partial charge in [0, 0.05) is 6.61 Å². The van der Waals surface area contributed by atoms with E-state index in [1.807, 2.05) is 12.1 Å². The zero-order chi connectivity index (χ0) is 14.9. The van der Waals surface area contributed by atoms with E-state index in [2.05, 4.69) is 30.5 Å². The van der Waals surface area contributed by atoms with Gasteiger partial charge in [0.05, 0.1) is 17.3 Å². The van der Waals surface area contributed by atoms with Gasteiger partial charge in [-0.2, -0.15) is 0 Å². The zero-order valence-electron chi connectivity index (χ0n) is 12.6. The number of carbonyl (C=O) groups excluding carboxylic acids is 1. The summed E-state index contributed by atoms with van der Waals surface area (Å²) in [6.07, 6.45) is 2.12. The molecule has 0 bridgehead atoms. The quantitative estimate of drug-likeness (QED) is 0.893. The molecule has 3 rings (SSSR count).